The predicted octanol–water partition coefficient (Wildman–Crippen LogP) is 3.31. The summed E-state index contributed by atoms with van der Waals surface area (Å²) in [5.74, 6) is 1.43. The summed E-state index contributed by atoms with van der Waals surface area (Å²) in [7, 11) is 0. The van der Waals surface area contributed by atoms with Gasteiger partial charge in [0.25, 0.3) is 0 Å². The van der Waals surface area contributed by atoms with Crippen LogP contribution in [0.15, 0.2) is 42.6 Å². The molecular weight excluding hydrogens is 380 g/mol. The molecule has 3 heterocycles. The number of benzene rings is 1. The molecule has 30 heavy (non-hydrogen) atoms. The average Bonchev–Trinajstić information content (AvgIpc) is 3.44. The Morgan fingerprint density at radius 2 is 1.93 bits per heavy atom. The Bertz CT molecular complexity index is 1070. The van der Waals surface area contributed by atoms with Crippen molar-refractivity contribution in [3.05, 3.63) is 54.0 Å². The first-order valence-corrected chi connectivity index (χ1v) is 10.1. The summed E-state index contributed by atoms with van der Waals surface area (Å²) in [6.07, 6.45) is 4.36. The Kier molecular flexibility index (Phi) is 6.07. The summed E-state index contributed by atoms with van der Waals surface area (Å²) in [5, 5.41) is 18.8. The number of tetrazole rings is 1. The summed E-state index contributed by atoms with van der Waals surface area (Å²) in [6, 6.07) is 12.5. The third-order valence-electron chi connectivity index (χ3n) is 4.58. The number of aromatic nitrogens is 8. The second-order valence-corrected chi connectivity index (χ2v) is 6.89. The molecule has 0 bridgehead atoms. The van der Waals surface area contributed by atoms with Crippen LogP contribution in [-0.2, 0) is 13.0 Å². The Balaban J connectivity index is 1.56. The molecule has 0 aliphatic heterocycles. The fraction of sp³-hybridized carbons (Fsp3) is 0.333. The zero-order chi connectivity index (χ0) is 20.8. The van der Waals surface area contributed by atoms with E-state index in [0.717, 1.165) is 47.6 Å². The van der Waals surface area contributed by atoms with E-state index in [1.165, 1.54) is 0 Å². The first-order chi connectivity index (χ1) is 14.8. The Labute approximate surface area is 174 Å². The molecule has 0 saturated heterocycles. The van der Waals surface area contributed by atoms with Crippen molar-refractivity contribution >= 4 is 0 Å². The van der Waals surface area contributed by atoms with Crippen LogP contribution in [0.1, 0.15) is 38.1 Å². The predicted molar refractivity (Wildman–Crippen MR) is 112 cm³/mol. The molecule has 4 rings (SSSR count). The van der Waals surface area contributed by atoms with Crippen molar-refractivity contribution in [2.75, 3.05) is 6.61 Å². The van der Waals surface area contributed by atoms with E-state index in [1.54, 1.807) is 6.20 Å². The van der Waals surface area contributed by atoms with Crippen LogP contribution in [0.5, 0.6) is 6.01 Å². The summed E-state index contributed by atoms with van der Waals surface area (Å²) < 4.78 is 7.55. The van der Waals surface area contributed by atoms with Gasteiger partial charge in [0, 0.05) is 30.3 Å². The lowest BCUT2D eigenvalue weighted by molar-refractivity contribution is 0.290. The molecule has 0 aliphatic carbocycles. The number of ether oxygens (including phenoxy) is 1. The monoisotopic (exact) mass is 404 g/mol. The number of aromatic amines is 1. The van der Waals surface area contributed by atoms with Gasteiger partial charge in [0.15, 0.2) is 0 Å². The van der Waals surface area contributed by atoms with Gasteiger partial charge in [-0.1, -0.05) is 38.1 Å². The molecule has 0 spiro atoms. The molecule has 0 amide bonds. The van der Waals surface area contributed by atoms with Crippen LogP contribution in [0.25, 0.3) is 22.6 Å². The Morgan fingerprint density at radius 1 is 1.07 bits per heavy atom. The summed E-state index contributed by atoms with van der Waals surface area (Å²) >= 11 is 0. The highest BCUT2D eigenvalue weighted by atomic mass is 16.5. The van der Waals surface area contributed by atoms with Gasteiger partial charge in [-0.15, -0.1) is 15.3 Å². The molecule has 3 aromatic heterocycles. The van der Waals surface area contributed by atoms with Crippen LogP contribution < -0.4 is 4.74 Å². The lowest BCUT2D eigenvalue weighted by atomic mass is 10.0. The minimum absolute atomic E-state index is 0.454. The van der Waals surface area contributed by atoms with Crippen LogP contribution in [-0.4, -0.2) is 47.0 Å². The first kappa shape index (κ1) is 19.7. The third-order valence-corrected chi connectivity index (χ3v) is 4.58. The SMILES string of the molecule is CCCOc1nc(Cc2ccc(-c3ncccc3-c3nn[nH]n3)cc2)n(CCC)n1. The fourth-order valence-corrected chi connectivity index (χ4v) is 3.18. The normalized spacial score (nSPS) is 11.0. The molecule has 1 aromatic carbocycles. The number of hydrogen-bond donors (Lipinski definition) is 1. The molecule has 0 radical (unpaired) electrons. The van der Waals surface area contributed by atoms with Crippen LogP contribution >= 0.6 is 0 Å². The molecule has 4 aromatic rings. The van der Waals surface area contributed by atoms with Gasteiger partial charge in [-0.05, 0) is 35.8 Å². The Hall–Kier alpha value is -3.62. The van der Waals surface area contributed by atoms with E-state index in [1.807, 2.05) is 16.8 Å². The minimum Gasteiger partial charge on any atom is -0.462 e. The van der Waals surface area contributed by atoms with Crippen LogP contribution in [0.4, 0.5) is 0 Å². The highest BCUT2D eigenvalue weighted by Gasteiger charge is 2.14. The topological polar surface area (TPSA) is 107 Å². The number of rotatable bonds is 9. The second-order valence-electron chi connectivity index (χ2n) is 6.89. The molecule has 9 nitrogen and oxygen atoms in total. The third kappa shape index (κ3) is 4.35. The molecule has 0 unspecified atom stereocenters. The van der Waals surface area contributed by atoms with Crippen molar-refractivity contribution in [1.82, 2.24) is 40.4 Å². The van der Waals surface area contributed by atoms with Crippen LogP contribution in [0.3, 0.4) is 0 Å². The summed E-state index contributed by atoms with van der Waals surface area (Å²) in [5.41, 5.74) is 3.78. The maximum absolute atomic E-state index is 5.62. The summed E-state index contributed by atoms with van der Waals surface area (Å²) in [4.78, 5) is 9.10. The zero-order valence-corrected chi connectivity index (χ0v) is 17.1. The molecule has 154 valence electrons. The molecule has 0 fully saturated rings. The van der Waals surface area contributed by atoms with E-state index >= 15 is 0 Å². The maximum atomic E-state index is 5.62. The Morgan fingerprint density at radius 3 is 2.67 bits per heavy atom. The lowest BCUT2D eigenvalue weighted by Gasteiger charge is -2.07. The number of nitrogens with one attached hydrogen (secondary N) is 1. The lowest BCUT2D eigenvalue weighted by Crippen LogP contribution is -2.06. The number of hydrogen-bond acceptors (Lipinski definition) is 7. The fourth-order valence-electron chi connectivity index (χ4n) is 3.18. The van der Waals surface area contributed by atoms with Gasteiger partial charge in [0.1, 0.15) is 5.82 Å². The molecule has 0 saturated carbocycles. The van der Waals surface area contributed by atoms with Crippen LogP contribution in [0.2, 0.25) is 0 Å². The largest absolute Gasteiger partial charge is 0.462 e. The van der Waals surface area contributed by atoms with Crippen molar-refractivity contribution in [1.29, 1.82) is 0 Å². The minimum atomic E-state index is 0.454. The first-order valence-electron chi connectivity index (χ1n) is 10.1. The van der Waals surface area contributed by atoms with Gasteiger partial charge in [-0.25, -0.2) is 4.68 Å². The van der Waals surface area contributed by atoms with E-state index < -0.39 is 0 Å². The van der Waals surface area contributed by atoms with E-state index in [2.05, 4.69) is 73.8 Å². The molecule has 0 atom stereocenters. The van der Waals surface area contributed by atoms with Gasteiger partial charge in [0.2, 0.25) is 5.82 Å². The summed E-state index contributed by atoms with van der Waals surface area (Å²) in [6.45, 7) is 5.63. The molecule has 1 N–H and O–H groups in total. The molecule has 9 heteroatoms. The molecular formula is C21H24N8O. The van der Waals surface area contributed by atoms with Gasteiger partial charge < -0.3 is 4.74 Å². The highest BCUT2D eigenvalue weighted by molar-refractivity contribution is 5.76. The quantitative estimate of drug-likeness (QED) is 0.456. The number of H-pyrrole nitrogens is 1. The standard InChI is InChI=1S/C21H24N8O/c1-3-12-29-18(23-21(26-29)30-13-4-2)14-15-7-9-16(10-8-15)19-17(6-5-11-22-19)20-24-27-28-25-20/h5-11H,3-4,12-14H2,1-2H3,(H,24,25,27,28). The van der Waals surface area contributed by atoms with Gasteiger partial charge in [-0.3, -0.25) is 4.98 Å². The van der Waals surface area contributed by atoms with Gasteiger partial charge in [-0.2, -0.15) is 10.2 Å². The van der Waals surface area contributed by atoms with Crippen molar-refractivity contribution in [2.24, 2.45) is 0 Å². The smallest absolute Gasteiger partial charge is 0.335 e. The van der Waals surface area contributed by atoms with Crippen molar-refractivity contribution in [2.45, 2.75) is 39.7 Å². The highest BCUT2D eigenvalue weighted by Crippen LogP contribution is 2.28. The van der Waals surface area contributed by atoms with E-state index in [9.17, 15) is 0 Å². The maximum Gasteiger partial charge on any atom is 0.335 e. The molecule has 0 aliphatic rings. The van der Waals surface area contributed by atoms with Crippen LogP contribution in [0, 0.1) is 0 Å². The number of pyridine rings is 1. The van der Waals surface area contributed by atoms with Gasteiger partial charge in [0.05, 0.1) is 12.3 Å². The zero-order valence-electron chi connectivity index (χ0n) is 17.1. The average molecular weight is 404 g/mol. The van der Waals surface area contributed by atoms with Gasteiger partial charge >= 0.3 is 6.01 Å². The number of nitrogens with zero attached hydrogens (tertiary/aromatic N) is 7. The van der Waals surface area contributed by atoms with Crippen molar-refractivity contribution in [3.8, 4) is 28.7 Å². The van der Waals surface area contributed by atoms with Crippen molar-refractivity contribution in [3.63, 3.8) is 0 Å². The van der Waals surface area contributed by atoms with E-state index in [-0.39, 0.29) is 0 Å². The van der Waals surface area contributed by atoms with Crippen molar-refractivity contribution < 1.29 is 4.74 Å². The van der Waals surface area contributed by atoms with E-state index in [0.29, 0.717) is 24.9 Å². The number of aryl methyl sites for hydroxylation is 1. The van der Waals surface area contributed by atoms with E-state index in [4.69, 9.17) is 4.74 Å². The second kappa shape index (κ2) is 9.25.